The van der Waals surface area contributed by atoms with Crippen LogP contribution >= 0.6 is 0 Å². The normalized spacial score (nSPS) is 11.0. The molecule has 0 aromatic heterocycles. The number of benzene rings is 2. The molecule has 4 heteroatoms. The highest BCUT2D eigenvalue weighted by Gasteiger charge is 2.17. The maximum atomic E-state index is 12.2. The molecule has 0 bridgehead atoms. The number of esters is 1. The van der Waals surface area contributed by atoms with Crippen LogP contribution < -0.4 is 9.47 Å². The number of carbonyl (C=O) groups is 1. The second kappa shape index (κ2) is 7.31. The molecule has 0 unspecified atom stereocenters. The first-order valence-corrected chi connectivity index (χ1v) is 6.77. The zero-order valence-electron chi connectivity index (χ0n) is 12.8. The topological polar surface area (TPSA) is 44.8 Å². The molecule has 22 heavy (non-hydrogen) atoms. The van der Waals surface area contributed by atoms with Gasteiger partial charge in [-0.1, -0.05) is 36.4 Å². The third-order valence-electron chi connectivity index (χ3n) is 3.24. The van der Waals surface area contributed by atoms with Crippen molar-refractivity contribution in [3.63, 3.8) is 0 Å². The minimum Gasteiger partial charge on any atom is -0.496 e. The van der Waals surface area contributed by atoms with Gasteiger partial charge in [-0.3, -0.25) is 0 Å². The molecule has 0 N–H and O–H groups in total. The van der Waals surface area contributed by atoms with E-state index in [1.54, 1.807) is 26.4 Å². The Morgan fingerprint density at radius 2 is 1.45 bits per heavy atom. The molecular formula is C18H18O4. The molecule has 4 nitrogen and oxygen atoms in total. The lowest BCUT2D eigenvalue weighted by Crippen LogP contribution is -2.05. The standard InChI is InChI=1S/C18H18O4/c1-20-16-10-6-4-8-13(16)12-15(18(19)22-3)14-9-5-7-11-17(14)21-2/h4-12H,1-3H3/b15-12-. The molecule has 0 amide bonds. The van der Waals surface area contributed by atoms with Crippen LogP contribution in [0.3, 0.4) is 0 Å². The summed E-state index contributed by atoms with van der Waals surface area (Å²) in [7, 11) is 4.51. The van der Waals surface area contributed by atoms with Crippen molar-refractivity contribution in [2.24, 2.45) is 0 Å². The van der Waals surface area contributed by atoms with E-state index in [1.807, 2.05) is 42.5 Å². The Kier molecular flexibility index (Phi) is 5.20. The Labute approximate surface area is 129 Å². The summed E-state index contributed by atoms with van der Waals surface area (Å²) >= 11 is 0. The lowest BCUT2D eigenvalue weighted by atomic mass is 10.0. The average Bonchev–Trinajstić information content (AvgIpc) is 2.59. The van der Waals surface area contributed by atoms with E-state index < -0.39 is 5.97 Å². The Morgan fingerprint density at radius 1 is 0.864 bits per heavy atom. The van der Waals surface area contributed by atoms with Gasteiger partial charge in [-0.15, -0.1) is 0 Å². The minimum absolute atomic E-state index is 0.407. The van der Waals surface area contributed by atoms with E-state index in [9.17, 15) is 4.79 Å². The second-order valence-electron chi connectivity index (χ2n) is 4.49. The van der Waals surface area contributed by atoms with Crippen LogP contribution in [0.2, 0.25) is 0 Å². The van der Waals surface area contributed by atoms with Gasteiger partial charge in [-0.05, 0) is 18.2 Å². The molecule has 0 atom stereocenters. The molecule has 0 aliphatic heterocycles. The fourth-order valence-corrected chi connectivity index (χ4v) is 2.16. The van der Waals surface area contributed by atoms with Gasteiger partial charge in [0, 0.05) is 11.1 Å². The molecule has 0 heterocycles. The fraction of sp³-hybridized carbons (Fsp3) is 0.167. The Hall–Kier alpha value is -2.75. The van der Waals surface area contributed by atoms with E-state index in [2.05, 4.69) is 0 Å². The molecule has 2 aromatic rings. The van der Waals surface area contributed by atoms with Crippen LogP contribution in [-0.2, 0) is 9.53 Å². The van der Waals surface area contributed by atoms with Crippen molar-refractivity contribution in [2.45, 2.75) is 0 Å². The summed E-state index contributed by atoms with van der Waals surface area (Å²) in [5, 5.41) is 0. The monoisotopic (exact) mass is 298 g/mol. The van der Waals surface area contributed by atoms with Crippen LogP contribution in [-0.4, -0.2) is 27.3 Å². The smallest absolute Gasteiger partial charge is 0.338 e. The zero-order chi connectivity index (χ0) is 15.9. The number of rotatable bonds is 5. The number of methoxy groups -OCH3 is 3. The molecule has 0 saturated carbocycles. The minimum atomic E-state index is -0.435. The van der Waals surface area contributed by atoms with Gasteiger partial charge < -0.3 is 14.2 Å². The summed E-state index contributed by atoms with van der Waals surface area (Å²) in [6, 6.07) is 14.8. The van der Waals surface area contributed by atoms with Crippen LogP contribution in [0, 0.1) is 0 Å². The number of hydrogen-bond acceptors (Lipinski definition) is 4. The Morgan fingerprint density at radius 3 is 2.09 bits per heavy atom. The number of hydrogen-bond donors (Lipinski definition) is 0. The summed E-state index contributed by atoms with van der Waals surface area (Å²) in [5.41, 5.74) is 1.86. The van der Waals surface area contributed by atoms with E-state index in [0.29, 0.717) is 22.6 Å². The van der Waals surface area contributed by atoms with Gasteiger partial charge in [-0.25, -0.2) is 4.79 Å². The van der Waals surface area contributed by atoms with Crippen LogP contribution in [0.25, 0.3) is 11.6 Å². The summed E-state index contributed by atoms with van der Waals surface area (Å²) < 4.78 is 15.6. The average molecular weight is 298 g/mol. The molecular weight excluding hydrogens is 280 g/mol. The van der Waals surface area contributed by atoms with Crippen molar-refractivity contribution >= 4 is 17.6 Å². The van der Waals surface area contributed by atoms with Crippen LogP contribution in [0.4, 0.5) is 0 Å². The van der Waals surface area contributed by atoms with E-state index in [1.165, 1.54) is 7.11 Å². The van der Waals surface area contributed by atoms with Gasteiger partial charge in [-0.2, -0.15) is 0 Å². The highest BCUT2D eigenvalue weighted by molar-refractivity contribution is 6.22. The number of carbonyl (C=O) groups excluding carboxylic acids is 1. The third-order valence-corrected chi connectivity index (χ3v) is 3.24. The Bertz CT molecular complexity index is 689. The summed E-state index contributed by atoms with van der Waals surface area (Å²) in [4.78, 5) is 12.2. The van der Waals surface area contributed by atoms with Gasteiger partial charge in [0.25, 0.3) is 0 Å². The molecule has 0 aliphatic rings. The third kappa shape index (κ3) is 3.28. The quantitative estimate of drug-likeness (QED) is 0.482. The van der Waals surface area contributed by atoms with Crippen molar-refractivity contribution in [3.8, 4) is 11.5 Å². The second-order valence-corrected chi connectivity index (χ2v) is 4.49. The van der Waals surface area contributed by atoms with Crippen LogP contribution in [0.15, 0.2) is 48.5 Å². The summed E-state index contributed by atoms with van der Waals surface area (Å²) in [6.45, 7) is 0. The van der Waals surface area contributed by atoms with E-state index in [0.717, 1.165) is 5.56 Å². The van der Waals surface area contributed by atoms with Crippen molar-refractivity contribution in [2.75, 3.05) is 21.3 Å². The van der Waals surface area contributed by atoms with Crippen molar-refractivity contribution in [3.05, 3.63) is 59.7 Å². The zero-order valence-corrected chi connectivity index (χ0v) is 12.8. The Balaban J connectivity index is 2.60. The molecule has 0 fully saturated rings. The molecule has 2 aromatic carbocycles. The van der Waals surface area contributed by atoms with Crippen LogP contribution in [0.1, 0.15) is 11.1 Å². The summed E-state index contributed by atoms with van der Waals surface area (Å²) in [5.74, 6) is 0.850. The van der Waals surface area contributed by atoms with Gasteiger partial charge in [0.05, 0.1) is 26.9 Å². The maximum absolute atomic E-state index is 12.2. The first kappa shape index (κ1) is 15.6. The number of ether oxygens (including phenoxy) is 3. The fourth-order valence-electron chi connectivity index (χ4n) is 2.16. The van der Waals surface area contributed by atoms with Gasteiger partial charge in [0.1, 0.15) is 11.5 Å². The molecule has 2 rings (SSSR count). The maximum Gasteiger partial charge on any atom is 0.338 e. The number of para-hydroxylation sites is 2. The predicted octanol–water partition coefficient (Wildman–Crippen LogP) is 3.42. The van der Waals surface area contributed by atoms with Crippen LogP contribution in [0.5, 0.6) is 11.5 Å². The predicted molar refractivity (Wildman–Crippen MR) is 85.9 cm³/mol. The summed E-state index contributed by atoms with van der Waals surface area (Å²) in [6.07, 6.45) is 1.74. The molecule has 0 radical (unpaired) electrons. The lowest BCUT2D eigenvalue weighted by molar-refractivity contribution is -0.133. The van der Waals surface area contributed by atoms with Gasteiger partial charge >= 0.3 is 5.97 Å². The van der Waals surface area contributed by atoms with Crippen molar-refractivity contribution in [1.82, 2.24) is 0 Å². The molecule has 0 aliphatic carbocycles. The lowest BCUT2D eigenvalue weighted by Gasteiger charge is -2.12. The SMILES string of the molecule is COC(=O)/C(=C\c1ccccc1OC)c1ccccc1OC. The molecule has 114 valence electrons. The largest absolute Gasteiger partial charge is 0.496 e. The van der Waals surface area contributed by atoms with Crippen molar-refractivity contribution in [1.29, 1.82) is 0 Å². The highest BCUT2D eigenvalue weighted by Crippen LogP contribution is 2.30. The van der Waals surface area contributed by atoms with Gasteiger partial charge in [0.2, 0.25) is 0 Å². The molecule has 0 spiro atoms. The first-order valence-electron chi connectivity index (χ1n) is 6.77. The first-order chi connectivity index (χ1) is 10.7. The van der Waals surface area contributed by atoms with Crippen molar-refractivity contribution < 1.29 is 19.0 Å². The highest BCUT2D eigenvalue weighted by atomic mass is 16.5. The van der Waals surface area contributed by atoms with E-state index in [-0.39, 0.29) is 0 Å². The van der Waals surface area contributed by atoms with Gasteiger partial charge in [0.15, 0.2) is 0 Å². The molecule has 0 saturated heterocycles. The van der Waals surface area contributed by atoms with E-state index >= 15 is 0 Å². The van der Waals surface area contributed by atoms with E-state index in [4.69, 9.17) is 14.2 Å².